The fourth-order valence-electron chi connectivity index (χ4n) is 4.14. The number of carbonyl (C=O) groups excluding carboxylic acids is 2. The Kier molecular flexibility index (Phi) is 6.10. The molecule has 2 amide bonds. The highest BCUT2D eigenvalue weighted by atomic mass is 16.2. The van der Waals surface area contributed by atoms with Crippen LogP contribution in [0.2, 0.25) is 0 Å². The number of nitrogens with one attached hydrogen (secondary N) is 2. The van der Waals surface area contributed by atoms with Crippen molar-refractivity contribution in [1.82, 2.24) is 15.2 Å². The van der Waals surface area contributed by atoms with Crippen LogP contribution in [0, 0.1) is 5.92 Å². The lowest BCUT2D eigenvalue weighted by molar-refractivity contribution is -0.144. The molecule has 2 fully saturated rings. The van der Waals surface area contributed by atoms with E-state index in [-0.39, 0.29) is 17.9 Å². The smallest absolute Gasteiger partial charge is 0.253 e. The Morgan fingerprint density at radius 1 is 0.966 bits per heavy atom. The lowest BCUT2D eigenvalue weighted by Gasteiger charge is -2.32. The van der Waals surface area contributed by atoms with Crippen molar-refractivity contribution in [2.24, 2.45) is 5.92 Å². The van der Waals surface area contributed by atoms with Crippen molar-refractivity contribution in [2.45, 2.75) is 31.8 Å². The lowest BCUT2D eigenvalue weighted by Crippen LogP contribution is -2.51. The molecule has 2 aliphatic rings. The average molecular weight is 393 g/mol. The predicted octanol–water partition coefficient (Wildman–Crippen LogP) is 2.64. The maximum atomic E-state index is 12.8. The summed E-state index contributed by atoms with van der Waals surface area (Å²) in [6.45, 7) is 3.30. The van der Waals surface area contributed by atoms with Gasteiger partial charge in [0.1, 0.15) is 5.92 Å². The molecule has 0 aliphatic carbocycles. The van der Waals surface area contributed by atoms with Gasteiger partial charge in [-0.05, 0) is 37.0 Å². The molecule has 4 rings (SSSR count). The molecule has 6 heteroatoms. The standard InChI is InChI=1S/C23H28N4O2/c28-22(24-20-13-15-26(17-20)16-18-8-3-1-4-9-18)21-12-7-14-27(23(21)29)25-19-10-5-2-6-11-19/h1-6,8-11,20-21,25H,7,12-17H2,(H,24,28). The molecular formula is C23H28N4O2. The van der Waals surface area contributed by atoms with Gasteiger partial charge in [0.15, 0.2) is 0 Å². The highest BCUT2D eigenvalue weighted by Crippen LogP contribution is 2.21. The Hall–Kier alpha value is -2.86. The van der Waals surface area contributed by atoms with Crippen molar-refractivity contribution in [2.75, 3.05) is 25.1 Å². The van der Waals surface area contributed by atoms with E-state index in [1.807, 2.05) is 36.4 Å². The van der Waals surface area contributed by atoms with Gasteiger partial charge in [0.25, 0.3) is 5.91 Å². The quantitative estimate of drug-likeness (QED) is 0.742. The van der Waals surface area contributed by atoms with Crippen LogP contribution in [0.4, 0.5) is 5.69 Å². The van der Waals surface area contributed by atoms with Crippen molar-refractivity contribution in [3.05, 3.63) is 66.2 Å². The van der Waals surface area contributed by atoms with Gasteiger partial charge < -0.3 is 5.32 Å². The molecule has 2 aromatic carbocycles. The highest BCUT2D eigenvalue weighted by molar-refractivity contribution is 6.01. The Morgan fingerprint density at radius 2 is 1.69 bits per heavy atom. The first-order valence-corrected chi connectivity index (χ1v) is 10.4. The lowest BCUT2D eigenvalue weighted by atomic mass is 9.96. The summed E-state index contributed by atoms with van der Waals surface area (Å²) in [5.41, 5.74) is 5.28. The summed E-state index contributed by atoms with van der Waals surface area (Å²) in [6, 6.07) is 20.1. The van der Waals surface area contributed by atoms with Gasteiger partial charge >= 0.3 is 0 Å². The second-order valence-electron chi connectivity index (χ2n) is 7.88. The molecule has 0 spiro atoms. The minimum atomic E-state index is -0.608. The van der Waals surface area contributed by atoms with Gasteiger partial charge in [-0.15, -0.1) is 0 Å². The van der Waals surface area contributed by atoms with Gasteiger partial charge in [-0.2, -0.15) is 0 Å². The number of para-hydroxylation sites is 1. The number of benzene rings is 2. The van der Waals surface area contributed by atoms with E-state index in [0.29, 0.717) is 13.0 Å². The van der Waals surface area contributed by atoms with Gasteiger partial charge in [-0.3, -0.25) is 24.9 Å². The van der Waals surface area contributed by atoms with Crippen molar-refractivity contribution < 1.29 is 9.59 Å². The van der Waals surface area contributed by atoms with Crippen LogP contribution in [0.1, 0.15) is 24.8 Å². The van der Waals surface area contributed by atoms with Gasteiger partial charge in [0.05, 0.1) is 5.69 Å². The number of amides is 2. The van der Waals surface area contributed by atoms with Crippen LogP contribution in [-0.4, -0.2) is 47.4 Å². The molecule has 6 nitrogen and oxygen atoms in total. The summed E-state index contributed by atoms with van der Waals surface area (Å²) in [6.07, 6.45) is 2.35. The monoisotopic (exact) mass is 392 g/mol. The third kappa shape index (κ3) is 4.95. The van der Waals surface area contributed by atoms with Crippen LogP contribution < -0.4 is 10.7 Å². The van der Waals surface area contributed by atoms with E-state index in [1.165, 1.54) is 5.56 Å². The molecule has 2 aromatic rings. The maximum Gasteiger partial charge on any atom is 0.253 e. The zero-order chi connectivity index (χ0) is 20.1. The zero-order valence-corrected chi connectivity index (χ0v) is 16.6. The molecule has 2 saturated heterocycles. The number of rotatable bonds is 6. The SMILES string of the molecule is O=C(NC1CCN(Cc2ccccc2)C1)C1CCCN(Nc2ccccc2)C1=O. The van der Waals surface area contributed by atoms with Crippen LogP contribution in [0.5, 0.6) is 0 Å². The topological polar surface area (TPSA) is 64.7 Å². The number of likely N-dealkylation sites (tertiary alicyclic amines) is 1. The fourth-order valence-corrected chi connectivity index (χ4v) is 4.14. The molecule has 2 heterocycles. The molecule has 2 unspecified atom stereocenters. The highest BCUT2D eigenvalue weighted by Gasteiger charge is 2.36. The number of anilines is 1. The second kappa shape index (κ2) is 9.09. The van der Waals surface area contributed by atoms with Crippen molar-refractivity contribution >= 4 is 17.5 Å². The first kappa shape index (κ1) is 19.5. The molecule has 0 radical (unpaired) electrons. The first-order valence-electron chi connectivity index (χ1n) is 10.4. The summed E-state index contributed by atoms with van der Waals surface area (Å²) in [7, 11) is 0. The summed E-state index contributed by atoms with van der Waals surface area (Å²) < 4.78 is 0. The van der Waals surface area contributed by atoms with Gasteiger partial charge in [0, 0.05) is 32.2 Å². The third-order valence-corrected chi connectivity index (χ3v) is 5.66. The maximum absolute atomic E-state index is 12.8. The molecule has 0 aromatic heterocycles. The van der Waals surface area contributed by atoms with Crippen LogP contribution >= 0.6 is 0 Å². The molecular weight excluding hydrogens is 364 g/mol. The molecule has 2 N–H and O–H groups in total. The number of nitrogens with zero attached hydrogens (tertiary/aromatic N) is 2. The number of hydrogen-bond acceptors (Lipinski definition) is 4. The Labute approximate surface area is 171 Å². The van der Waals surface area contributed by atoms with E-state index in [9.17, 15) is 9.59 Å². The predicted molar refractivity (Wildman–Crippen MR) is 113 cm³/mol. The van der Waals surface area contributed by atoms with E-state index in [4.69, 9.17) is 0 Å². The van der Waals surface area contributed by atoms with E-state index < -0.39 is 5.92 Å². The largest absolute Gasteiger partial charge is 0.351 e. The number of piperidine rings is 1. The Bertz CT molecular complexity index is 827. The number of hydrogen-bond donors (Lipinski definition) is 2. The molecule has 29 heavy (non-hydrogen) atoms. The van der Waals surface area contributed by atoms with E-state index in [0.717, 1.165) is 38.2 Å². The second-order valence-corrected chi connectivity index (χ2v) is 7.88. The zero-order valence-electron chi connectivity index (χ0n) is 16.6. The first-order chi connectivity index (χ1) is 14.2. The molecule has 152 valence electrons. The van der Waals surface area contributed by atoms with Crippen molar-refractivity contribution in [1.29, 1.82) is 0 Å². The molecule has 0 saturated carbocycles. The van der Waals surface area contributed by atoms with E-state index >= 15 is 0 Å². The normalized spacial score (nSPS) is 22.5. The third-order valence-electron chi connectivity index (χ3n) is 5.66. The number of hydrazine groups is 1. The van der Waals surface area contributed by atoms with Crippen LogP contribution in [0.25, 0.3) is 0 Å². The summed E-state index contributed by atoms with van der Waals surface area (Å²) in [5.74, 6) is -0.888. The summed E-state index contributed by atoms with van der Waals surface area (Å²) >= 11 is 0. The van der Waals surface area contributed by atoms with Gasteiger partial charge in [0.2, 0.25) is 5.91 Å². The fraction of sp³-hybridized carbons (Fsp3) is 0.391. The average Bonchev–Trinajstić information content (AvgIpc) is 3.17. The van der Waals surface area contributed by atoms with Crippen LogP contribution in [0.3, 0.4) is 0 Å². The van der Waals surface area contributed by atoms with Crippen LogP contribution in [-0.2, 0) is 16.1 Å². The summed E-state index contributed by atoms with van der Waals surface area (Å²) in [4.78, 5) is 28.0. The van der Waals surface area contributed by atoms with Gasteiger partial charge in [-0.1, -0.05) is 48.5 Å². The van der Waals surface area contributed by atoms with Crippen LogP contribution in [0.15, 0.2) is 60.7 Å². The van der Waals surface area contributed by atoms with E-state index in [1.54, 1.807) is 5.01 Å². The minimum Gasteiger partial charge on any atom is -0.351 e. The van der Waals surface area contributed by atoms with E-state index in [2.05, 4.69) is 39.9 Å². The molecule has 2 aliphatic heterocycles. The Morgan fingerprint density at radius 3 is 2.45 bits per heavy atom. The van der Waals surface area contributed by atoms with Crippen molar-refractivity contribution in [3.8, 4) is 0 Å². The summed E-state index contributed by atoms with van der Waals surface area (Å²) in [5, 5.41) is 4.71. The number of carbonyl (C=O) groups is 2. The molecule has 0 bridgehead atoms. The Balaban J connectivity index is 1.29. The minimum absolute atomic E-state index is 0.108. The van der Waals surface area contributed by atoms with Crippen molar-refractivity contribution in [3.63, 3.8) is 0 Å². The molecule has 2 atom stereocenters. The van der Waals surface area contributed by atoms with Gasteiger partial charge in [-0.25, -0.2) is 0 Å².